The van der Waals surface area contributed by atoms with Gasteiger partial charge < -0.3 is 14.4 Å². The van der Waals surface area contributed by atoms with Gasteiger partial charge in [0.25, 0.3) is 5.91 Å². The van der Waals surface area contributed by atoms with Gasteiger partial charge in [-0.1, -0.05) is 11.3 Å². The summed E-state index contributed by atoms with van der Waals surface area (Å²) >= 11 is 1.16. The number of aliphatic hydroxyl groups is 1. The Hall–Kier alpha value is -2.68. The quantitative estimate of drug-likeness (QED) is 0.871. The average Bonchev–Trinajstić information content (AvgIpc) is 2.99. The molecule has 130 valence electrons. The summed E-state index contributed by atoms with van der Waals surface area (Å²) in [4.78, 5) is 28.4. The Morgan fingerprint density at radius 2 is 2.16 bits per heavy atom. The van der Waals surface area contributed by atoms with E-state index in [9.17, 15) is 14.7 Å². The minimum Gasteiger partial charge on any atom is -0.503 e. The molecule has 0 bridgehead atoms. The first kappa shape index (κ1) is 15.8. The monoisotopic (exact) mass is 360 g/mol. The molecule has 0 spiro atoms. The summed E-state index contributed by atoms with van der Waals surface area (Å²) in [5.41, 5.74) is 1.58. The van der Waals surface area contributed by atoms with Gasteiger partial charge in [-0.2, -0.15) is 0 Å². The van der Waals surface area contributed by atoms with Crippen molar-refractivity contribution in [3.63, 3.8) is 0 Å². The zero-order chi connectivity index (χ0) is 17.7. The van der Waals surface area contributed by atoms with Gasteiger partial charge in [0, 0.05) is 26.1 Å². The third kappa shape index (κ3) is 2.51. The minimum absolute atomic E-state index is 0.0855. The molecule has 0 saturated heterocycles. The van der Waals surface area contributed by atoms with Crippen molar-refractivity contribution < 1.29 is 19.1 Å². The fourth-order valence-electron chi connectivity index (χ4n) is 2.89. The molecule has 2 aromatic rings. The number of carbonyl (C=O) groups excluding carboxylic acids is 2. The number of rotatable bonds is 5. The van der Waals surface area contributed by atoms with Crippen molar-refractivity contribution in [1.29, 1.82) is 0 Å². The first-order valence-corrected chi connectivity index (χ1v) is 8.71. The number of hydrogen-bond acceptors (Lipinski definition) is 8. The Balaban J connectivity index is 1.83. The van der Waals surface area contributed by atoms with Crippen molar-refractivity contribution in [2.45, 2.75) is 18.9 Å². The van der Waals surface area contributed by atoms with E-state index >= 15 is 0 Å². The molecular formula is C16H16N4O4S. The van der Waals surface area contributed by atoms with Crippen LogP contribution in [0.15, 0.2) is 33.4 Å². The Kier molecular flexibility index (Phi) is 3.60. The van der Waals surface area contributed by atoms with Gasteiger partial charge in [0.15, 0.2) is 17.4 Å². The molecule has 4 rings (SSSR count). The molecule has 1 atom stereocenters. The van der Waals surface area contributed by atoms with Crippen molar-refractivity contribution in [2.75, 3.05) is 23.9 Å². The van der Waals surface area contributed by atoms with Crippen LogP contribution in [-0.2, 0) is 9.59 Å². The van der Waals surface area contributed by atoms with E-state index in [1.807, 2.05) is 14.1 Å². The molecule has 1 saturated carbocycles. The molecule has 1 aliphatic carbocycles. The smallest absolute Gasteiger partial charge is 0.296 e. The van der Waals surface area contributed by atoms with Crippen LogP contribution in [0.5, 0.6) is 0 Å². The van der Waals surface area contributed by atoms with E-state index in [0.717, 1.165) is 24.2 Å². The van der Waals surface area contributed by atoms with E-state index in [1.54, 1.807) is 17.0 Å². The number of carbonyl (C=O) groups is 2. The van der Waals surface area contributed by atoms with Crippen LogP contribution in [0, 0.1) is 5.92 Å². The van der Waals surface area contributed by atoms with Crippen LogP contribution < -0.4 is 9.80 Å². The van der Waals surface area contributed by atoms with E-state index in [1.165, 1.54) is 10.4 Å². The number of Topliss-reactive ketones (excluding diaryl/α,β-unsaturated/α-hetero) is 1. The highest BCUT2D eigenvalue weighted by molar-refractivity contribution is 7.13. The second-order valence-electron chi connectivity index (χ2n) is 6.27. The van der Waals surface area contributed by atoms with Crippen LogP contribution in [0.25, 0.3) is 0 Å². The lowest BCUT2D eigenvalue weighted by Gasteiger charge is -2.22. The van der Waals surface area contributed by atoms with E-state index in [2.05, 4.69) is 10.2 Å². The molecule has 3 heterocycles. The number of anilines is 2. The Bertz CT molecular complexity index is 867. The fraction of sp³-hybridized carbons (Fsp3) is 0.375. The molecule has 25 heavy (non-hydrogen) atoms. The predicted octanol–water partition coefficient (Wildman–Crippen LogP) is 2.08. The van der Waals surface area contributed by atoms with Crippen LogP contribution in [0.2, 0.25) is 0 Å². The topological polar surface area (TPSA) is 99.8 Å². The summed E-state index contributed by atoms with van der Waals surface area (Å²) < 4.78 is 5.83. The lowest BCUT2D eigenvalue weighted by molar-refractivity contribution is -0.118. The van der Waals surface area contributed by atoms with Crippen molar-refractivity contribution in [3.05, 3.63) is 34.7 Å². The summed E-state index contributed by atoms with van der Waals surface area (Å²) in [6.45, 7) is 0. The van der Waals surface area contributed by atoms with E-state index in [4.69, 9.17) is 4.42 Å². The first-order valence-electron chi connectivity index (χ1n) is 7.83. The number of furan rings is 1. The van der Waals surface area contributed by atoms with E-state index in [0.29, 0.717) is 16.8 Å². The second-order valence-corrected chi connectivity index (χ2v) is 7.08. The van der Waals surface area contributed by atoms with Crippen LogP contribution >= 0.6 is 11.3 Å². The standard InChI is InChI=1S/C16H16N4O4S/c1-19(2)10-6-5-9(24-10)12-11(13(21)8-3-4-8)14(22)15(23)20(12)16-18-17-7-25-16/h5-8,12,22H,3-4H2,1-2H3. The van der Waals surface area contributed by atoms with Gasteiger partial charge in [0.2, 0.25) is 5.13 Å². The number of aliphatic hydroxyl groups excluding tert-OH is 1. The molecule has 1 N–H and O–H groups in total. The second kappa shape index (κ2) is 5.69. The van der Waals surface area contributed by atoms with Crippen LogP contribution in [-0.4, -0.2) is 41.1 Å². The zero-order valence-electron chi connectivity index (χ0n) is 13.7. The molecule has 0 radical (unpaired) electrons. The maximum Gasteiger partial charge on any atom is 0.296 e. The van der Waals surface area contributed by atoms with Gasteiger partial charge in [0.1, 0.15) is 17.3 Å². The normalized spacial score (nSPS) is 20.5. The lowest BCUT2D eigenvalue weighted by Crippen LogP contribution is -2.31. The number of ketones is 1. The molecule has 1 fully saturated rings. The maximum atomic E-state index is 12.7. The van der Waals surface area contributed by atoms with Crippen LogP contribution in [0.1, 0.15) is 24.6 Å². The highest BCUT2D eigenvalue weighted by atomic mass is 32.1. The van der Waals surface area contributed by atoms with Crippen LogP contribution in [0.4, 0.5) is 11.0 Å². The third-order valence-corrected chi connectivity index (χ3v) is 4.99. The molecular weight excluding hydrogens is 344 g/mol. The Labute approximate surface area is 147 Å². The summed E-state index contributed by atoms with van der Waals surface area (Å²) in [6, 6.07) is 2.63. The van der Waals surface area contributed by atoms with Gasteiger partial charge in [-0.15, -0.1) is 10.2 Å². The summed E-state index contributed by atoms with van der Waals surface area (Å²) in [6.07, 6.45) is 1.55. The molecule has 2 aliphatic rings. The van der Waals surface area contributed by atoms with Gasteiger partial charge in [-0.25, -0.2) is 0 Å². The first-order chi connectivity index (χ1) is 12.0. The molecule has 9 heteroatoms. The van der Waals surface area contributed by atoms with Gasteiger partial charge in [-0.3, -0.25) is 14.5 Å². The van der Waals surface area contributed by atoms with Gasteiger partial charge in [0.05, 0.1) is 5.57 Å². The lowest BCUT2D eigenvalue weighted by atomic mass is 9.98. The van der Waals surface area contributed by atoms with Crippen molar-refractivity contribution >= 4 is 34.0 Å². The average molecular weight is 360 g/mol. The number of nitrogens with zero attached hydrogens (tertiary/aromatic N) is 4. The molecule has 1 aliphatic heterocycles. The van der Waals surface area contributed by atoms with E-state index < -0.39 is 17.7 Å². The summed E-state index contributed by atoms with van der Waals surface area (Å²) in [5, 5.41) is 18.4. The van der Waals surface area contributed by atoms with Gasteiger partial charge >= 0.3 is 0 Å². The van der Waals surface area contributed by atoms with Crippen molar-refractivity contribution in [3.8, 4) is 0 Å². The molecule has 2 aromatic heterocycles. The molecule has 1 amide bonds. The van der Waals surface area contributed by atoms with E-state index in [-0.39, 0.29) is 17.3 Å². The summed E-state index contributed by atoms with van der Waals surface area (Å²) in [5.74, 6) is -0.534. The number of hydrogen-bond donors (Lipinski definition) is 1. The fourth-order valence-corrected chi connectivity index (χ4v) is 3.48. The zero-order valence-corrected chi connectivity index (χ0v) is 14.5. The minimum atomic E-state index is -0.831. The molecule has 8 nitrogen and oxygen atoms in total. The van der Waals surface area contributed by atoms with Crippen molar-refractivity contribution in [1.82, 2.24) is 10.2 Å². The highest BCUT2D eigenvalue weighted by Gasteiger charge is 2.49. The van der Waals surface area contributed by atoms with Crippen molar-refractivity contribution in [2.24, 2.45) is 5.92 Å². The highest BCUT2D eigenvalue weighted by Crippen LogP contribution is 2.46. The third-order valence-electron chi connectivity index (χ3n) is 4.30. The largest absolute Gasteiger partial charge is 0.503 e. The van der Waals surface area contributed by atoms with Gasteiger partial charge in [-0.05, 0) is 18.9 Å². The molecule has 0 aromatic carbocycles. The Morgan fingerprint density at radius 1 is 1.40 bits per heavy atom. The number of aromatic nitrogens is 2. The van der Waals surface area contributed by atoms with Crippen LogP contribution in [0.3, 0.4) is 0 Å². The predicted molar refractivity (Wildman–Crippen MR) is 90.6 cm³/mol. The summed E-state index contributed by atoms with van der Waals surface area (Å²) in [7, 11) is 3.66. The number of amides is 1. The Morgan fingerprint density at radius 3 is 2.72 bits per heavy atom. The SMILES string of the molecule is CN(C)c1ccc(C2C(C(=O)C3CC3)=C(O)C(=O)N2c2nncs2)o1. The maximum absolute atomic E-state index is 12.7. The molecule has 1 unspecified atom stereocenters.